The van der Waals surface area contributed by atoms with Crippen molar-refractivity contribution in [1.82, 2.24) is 0 Å². The van der Waals surface area contributed by atoms with Crippen molar-refractivity contribution in [2.24, 2.45) is 0 Å². The standard InChI is InChI=1S/C24H19FN2O5S2/c25-16-2-9-22-15(12-16)13-23(33-22)24(28)26-17-3-5-18(6-4-17)27-34(29,30)19-7-8-20-21(14-19)32-11-1-10-31-20/h2-9,12-14,27H,1,10-11H2,(H,26,28). The van der Waals surface area contributed by atoms with Crippen molar-refractivity contribution < 1.29 is 27.1 Å². The van der Waals surface area contributed by atoms with Gasteiger partial charge in [0.05, 0.1) is 23.0 Å². The summed E-state index contributed by atoms with van der Waals surface area (Å²) in [6.07, 6.45) is 0.722. The average molecular weight is 499 g/mol. The van der Waals surface area contributed by atoms with Crippen molar-refractivity contribution in [3.8, 4) is 11.5 Å². The number of sulfonamides is 1. The van der Waals surface area contributed by atoms with Crippen LogP contribution in [0.15, 0.2) is 71.6 Å². The van der Waals surface area contributed by atoms with Gasteiger partial charge in [0.2, 0.25) is 0 Å². The number of fused-ring (bicyclic) bond motifs is 2. The number of rotatable bonds is 5. The van der Waals surface area contributed by atoms with Crippen LogP contribution in [0.1, 0.15) is 16.1 Å². The number of amides is 1. The highest BCUT2D eigenvalue weighted by Crippen LogP contribution is 2.32. The van der Waals surface area contributed by atoms with Crippen LogP contribution in [0.25, 0.3) is 10.1 Å². The molecule has 174 valence electrons. The molecule has 0 saturated carbocycles. The van der Waals surface area contributed by atoms with Crippen LogP contribution < -0.4 is 19.5 Å². The molecule has 0 radical (unpaired) electrons. The molecule has 0 fully saturated rings. The summed E-state index contributed by atoms with van der Waals surface area (Å²) < 4.78 is 53.5. The number of ether oxygens (including phenoxy) is 2. The summed E-state index contributed by atoms with van der Waals surface area (Å²) in [5.74, 6) is 0.215. The monoisotopic (exact) mass is 498 g/mol. The fraction of sp³-hybridized carbons (Fsp3) is 0.125. The molecule has 1 aliphatic rings. The van der Waals surface area contributed by atoms with Crippen LogP contribution in [0.2, 0.25) is 0 Å². The van der Waals surface area contributed by atoms with Gasteiger partial charge in [-0.25, -0.2) is 12.8 Å². The van der Waals surface area contributed by atoms with Gasteiger partial charge in [0.15, 0.2) is 11.5 Å². The molecular formula is C24H19FN2O5S2. The number of halogens is 1. The molecule has 10 heteroatoms. The maximum Gasteiger partial charge on any atom is 0.265 e. The van der Waals surface area contributed by atoms with Crippen molar-refractivity contribution in [2.75, 3.05) is 23.3 Å². The van der Waals surface area contributed by atoms with Crippen LogP contribution in [-0.4, -0.2) is 27.5 Å². The molecule has 0 unspecified atom stereocenters. The van der Waals surface area contributed by atoms with Crippen LogP contribution >= 0.6 is 11.3 Å². The molecule has 1 amide bonds. The van der Waals surface area contributed by atoms with Crippen LogP contribution in [0.3, 0.4) is 0 Å². The van der Waals surface area contributed by atoms with Gasteiger partial charge in [-0.3, -0.25) is 9.52 Å². The van der Waals surface area contributed by atoms with E-state index < -0.39 is 10.0 Å². The molecule has 3 aromatic carbocycles. The molecule has 1 aliphatic heterocycles. The van der Waals surface area contributed by atoms with Gasteiger partial charge in [-0.05, 0) is 66.0 Å². The highest BCUT2D eigenvalue weighted by molar-refractivity contribution is 7.92. The van der Waals surface area contributed by atoms with Crippen molar-refractivity contribution in [1.29, 1.82) is 0 Å². The molecule has 4 aromatic rings. The van der Waals surface area contributed by atoms with Gasteiger partial charge in [0, 0.05) is 28.6 Å². The molecule has 2 heterocycles. The molecule has 1 aromatic heterocycles. The number of carbonyl (C=O) groups excluding carboxylic acids is 1. The third-order valence-corrected chi connectivity index (χ3v) is 7.62. The maximum absolute atomic E-state index is 13.4. The fourth-order valence-electron chi connectivity index (χ4n) is 3.47. The van der Waals surface area contributed by atoms with E-state index in [0.29, 0.717) is 46.4 Å². The lowest BCUT2D eigenvalue weighted by molar-refractivity contribution is 0.103. The highest BCUT2D eigenvalue weighted by atomic mass is 32.2. The molecule has 2 N–H and O–H groups in total. The van der Waals surface area contributed by atoms with E-state index in [1.54, 1.807) is 42.5 Å². The number of hydrogen-bond donors (Lipinski definition) is 2. The van der Waals surface area contributed by atoms with Crippen LogP contribution in [-0.2, 0) is 10.0 Å². The van der Waals surface area contributed by atoms with E-state index in [2.05, 4.69) is 10.0 Å². The normalized spacial score (nSPS) is 13.3. The Balaban J connectivity index is 1.28. The predicted octanol–water partition coefficient (Wildman–Crippen LogP) is 5.25. The smallest absolute Gasteiger partial charge is 0.265 e. The van der Waals surface area contributed by atoms with E-state index in [1.807, 2.05) is 0 Å². The van der Waals surface area contributed by atoms with Crippen LogP contribution in [0.5, 0.6) is 11.5 Å². The van der Waals surface area contributed by atoms with Gasteiger partial charge >= 0.3 is 0 Å². The Morgan fingerprint density at radius 1 is 0.882 bits per heavy atom. The number of benzene rings is 3. The second-order valence-electron chi connectivity index (χ2n) is 7.59. The Bertz CT molecular complexity index is 1480. The first-order valence-electron chi connectivity index (χ1n) is 10.4. The second kappa shape index (κ2) is 8.96. The van der Waals surface area contributed by atoms with Gasteiger partial charge < -0.3 is 14.8 Å². The summed E-state index contributed by atoms with van der Waals surface area (Å²) in [5.41, 5.74) is 0.828. The molecule has 5 rings (SSSR count). The summed E-state index contributed by atoms with van der Waals surface area (Å²) in [5, 5.41) is 3.43. The quantitative estimate of drug-likeness (QED) is 0.392. The summed E-state index contributed by atoms with van der Waals surface area (Å²) in [6, 6.07) is 16.8. The number of anilines is 2. The van der Waals surface area contributed by atoms with Crippen LogP contribution in [0.4, 0.5) is 15.8 Å². The molecule has 34 heavy (non-hydrogen) atoms. The van der Waals surface area contributed by atoms with E-state index in [0.717, 1.165) is 11.1 Å². The maximum atomic E-state index is 13.4. The third-order valence-electron chi connectivity index (χ3n) is 5.13. The first-order chi connectivity index (χ1) is 16.4. The summed E-state index contributed by atoms with van der Waals surface area (Å²) in [4.78, 5) is 13.1. The molecule has 0 aliphatic carbocycles. The Morgan fingerprint density at radius 3 is 2.41 bits per heavy atom. The minimum Gasteiger partial charge on any atom is -0.490 e. The lowest BCUT2D eigenvalue weighted by Crippen LogP contribution is -2.13. The van der Waals surface area contributed by atoms with Crippen molar-refractivity contribution in [3.63, 3.8) is 0 Å². The Kier molecular flexibility index (Phi) is 5.84. The molecule has 0 spiro atoms. The van der Waals surface area contributed by atoms with Crippen molar-refractivity contribution in [2.45, 2.75) is 11.3 Å². The Labute approximate surface area is 199 Å². The topological polar surface area (TPSA) is 93.7 Å². The number of carbonyl (C=O) groups is 1. The Hall–Kier alpha value is -3.63. The van der Waals surface area contributed by atoms with Gasteiger partial charge in [0.25, 0.3) is 15.9 Å². The van der Waals surface area contributed by atoms with Crippen molar-refractivity contribution in [3.05, 3.63) is 77.4 Å². The van der Waals surface area contributed by atoms with E-state index >= 15 is 0 Å². The highest BCUT2D eigenvalue weighted by Gasteiger charge is 2.19. The molecular weight excluding hydrogens is 479 g/mol. The molecule has 0 saturated heterocycles. The van der Waals surface area contributed by atoms with Gasteiger partial charge in [-0.15, -0.1) is 11.3 Å². The summed E-state index contributed by atoms with van der Waals surface area (Å²) in [6.45, 7) is 0.969. The zero-order valence-corrected chi connectivity index (χ0v) is 19.3. The lowest BCUT2D eigenvalue weighted by Gasteiger charge is -2.12. The van der Waals surface area contributed by atoms with E-state index in [4.69, 9.17) is 9.47 Å². The summed E-state index contributed by atoms with van der Waals surface area (Å²) >= 11 is 1.26. The third kappa shape index (κ3) is 4.68. The first kappa shape index (κ1) is 22.2. The average Bonchev–Trinajstić information content (AvgIpc) is 3.09. The number of hydrogen-bond acceptors (Lipinski definition) is 6. The van der Waals surface area contributed by atoms with E-state index in [-0.39, 0.29) is 16.6 Å². The van der Waals surface area contributed by atoms with E-state index in [9.17, 15) is 17.6 Å². The first-order valence-corrected chi connectivity index (χ1v) is 12.7. The van der Waals surface area contributed by atoms with Gasteiger partial charge in [-0.1, -0.05) is 0 Å². The zero-order valence-electron chi connectivity index (χ0n) is 17.7. The summed E-state index contributed by atoms with van der Waals surface area (Å²) in [7, 11) is -3.86. The molecule has 7 nitrogen and oxygen atoms in total. The minimum atomic E-state index is -3.86. The SMILES string of the molecule is O=C(Nc1ccc(NS(=O)(=O)c2ccc3c(c2)OCCCO3)cc1)c1cc2cc(F)ccc2s1. The predicted molar refractivity (Wildman–Crippen MR) is 129 cm³/mol. The second-order valence-corrected chi connectivity index (χ2v) is 10.4. The zero-order chi connectivity index (χ0) is 23.7. The van der Waals surface area contributed by atoms with Crippen molar-refractivity contribution >= 4 is 48.7 Å². The molecule has 0 bridgehead atoms. The fourth-order valence-corrected chi connectivity index (χ4v) is 5.48. The lowest BCUT2D eigenvalue weighted by atomic mass is 10.2. The Morgan fingerprint density at radius 2 is 1.62 bits per heavy atom. The minimum absolute atomic E-state index is 0.0512. The van der Waals surface area contributed by atoms with Gasteiger partial charge in [0.1, 0.15) is 5.82 Å². The van der Waals surface area contributed by atoms with Gasteiger partial charge in [-0.2, -0.15) is 0 Å². The largest absolute Gasteiger partial charge is 0.490 e. The van der Waals surface area contributed by atoms with E-state index in [1.165, 1.54) is 35.6 Å². The van der Waals surface area contributed by atoms with Crippen LogP contribution in [0, 0.1) is 5.82 Å². The number of nitrogens with one attached hydrogen (secondary N) is 2. The number of thiophene rings is 1. The molecule has 0 atom stereocenters.